The van der Waals surface area contributed by atoms with Crippen molar-refractivity contribution in [2.75, 3.05) is 11.9 Å². The molecule has 0 aliphatic carbocycles. The van der Waals surface area contributed by atoms with Gasteiger partial charge in [0, 0.05) is 19.0 Å². The van der Waals surface area contributed by atoms with Gasteiger partial charge in [0.1, 0.15) is 18.0 Å². The molecule has 1 amide bonds. The Labute approximate surface area is 150 Å². The predicted octanol–water partition coefficient (Wildman–Crippen LogP) is 2.35. The Hall–Kier alpha value is -3.03. The molecule has 136 valence electrons. The number of benzene rings is 1. The van der Waals surface area contributed by atoms with Crippen LogP contribution in [0.3, 0.4) is 0 Å². The standard InChI is InChI=1S/C18H21FN6O/c1-12(2)18(26)20-7-8-25-17-15(10-24-25)16(22-11-23-17)21-9-13-3-5-14(19)6-4-13/h3-6,10-12H,7-9H2,1-2H3,(H,20,26)(H,21,22,23). The van der Waals surface area contributed by atoms with Crippen molar-refractivity contribution >= 4 is 22.8 Å². The molecule has 0 radical (unpaired) electrons. The summed E-state index contributed by atoms with van der Waals surface area (Å²) in [6, 6.07) is 6.30. The Morgan fingerprint density at radius 2 is 2.00 bits per heavy atom. The van der Waals surface area contributed by atoms with Crippen LogP contribution in [0.15, 0.2) is 36.8 Å². The Morgan fingerprint density at radius 3 is 2.73 bits per heavy atom. The molecule has 0 saturated carbocycles. The summed E-state index contributed by atoms with van der Waals surface area (Å²) in [6.07, 6.45) is 3.17. The highest BCUT2D eigenvalue weighted by Crippen LogP contribution is 2.19. The van der Waals surface area contributed by atoms with Crippen molar-refractivity contribution in [2.24, 2.45) is 5.92 Å². The van der Waals surface area contributed by atoms with Crippen molar-refractivity contribution in [2.45, 2.75) is 26.9 Å². The summed E-state index contributed by atoms with van der Waals surface area (Å²) >= 11 is 0. The first-order valence-electron chi connectivity index (χ1n) is 8.47. The minimum atomic E-state index is -0.260. The summed E-state index contributed by atoms with van der Waals surface area (Å²) < 4.78 is 14.7. The molecule has 26 heavy (non-hydrogen) atoms. The van der Waals surface area contributed by atoms with Crippen LogP contribution in [0.25, 0.3) is 11.0 Å². The lowest BCUT2D eigenvalue weighted by Crippen LogP contribution is -2.30. The van der Waals surface area contributed by atoms with Gasteiger partial charge in [-0.15, -0.1) is 0 Å². The minimum Gasteiger partial charge on any atom is -0.365 e. The van der Waals surface area contributed by atoms with Gasteiger partial charge in [-0.1, -0.05) is 26.0 Å². The molecule has 8 heteroatoms. The SMILES string of the molecule is CC(C)C(=O)NCCn1ncc2c(NCc3ccc(F)cc3)ncnc21. The second-order valence-electron chi connectivity index (χ2n) is 6.25. The third-order valence-electron chi connectivity index (χ3n) is 3.95. The maximum atomic E-state index is 13.0. The number of nitrogens with zero attached hydrogens (tertiary/aromatic N) is 4. The maximum absolute atomic E-state index is 13.0. The average Bonchev–Trinajstić information content (AvgIpc) is 3.05. The zero-order chi connectivity index (χ0) is 18.5. The molecule has 3 aromatic rings. The maximum Gasteiger partial charge on any atom is 0.222 e. The van der Waals surface area contributed by atoms with E-state index in [9.17, 15) is 9.18 Å². The van der Waals surface area contributed by atoms with E-state index in [-0.39, 0.29) is 17.6 Å². The lowest BCUT2D eigenvalue weighted by atomic mass is 10.2. The van der Waals surface area contributed by atoms with Crippen LogP contribution in [-0.2, 0) is 17.9 Å². The topological polar surface area (TPSA) is 84.7 Å². The summed E-state index contributed by atoms with van der Waals surface area (Å²) in [5, 5.41) is 11.2. The third kappa shape index (κ3) is 4.14. The molecule has 7 nitrogen and oxygen atoms in total. The van der Waals surface area contributed by atoms with Gasteiger partial charge in [0.15, 0.2) is 5.65 Å². The van der Waals surface area contributed by atoms with Crippen LogP contribution in [0.4, 0.5) is 10.2 Å². The Bertz CT molecular complexity index is 890. The zero-order valence-electron chi connectivity index (χ0n) is 14.7. The van der Waals surface area contributed by atoms with E-state index in [0.717, 1.165) is 10.9 Å². The van der Waals surface area contributed by atoms with Gasteiger partial charge in [-0.3, -0.25) is 4.79 Å². The van der Waals surface area contributed by atoms with Crippen molar-refractivity contribution in [3.63, 3.8) is 0 Å². The quantitative estimate of drug-likeness (QED) is 0.679. The molecule has 3 rings (SSSR count). The van der Waals surface area contributed by atoms with E-state index in [2.05, 4.69) is 25.7 Å². The van der Waals surface area contributed by atoms with Gasteiger partial charge in [-0.05, 0) is 17.7 Å². The van der Waals surface area contributed by atoms with Gasteiger partial charge < -0.3 is 10.6 Å². The number of hydrogen-bond donors (Lipinski definition) is 2. The van der Waals surface area contributed by atoms with Crippen LogP contribution in [0, 0.1) is 11.7 Å². The molecule has 2 N–H and O–H groups in total. The largest absolute Gasteiger partial charge is 0.365 e. The number of halogens is 1. The molecule has 0 saturated heterocycles. The molecule has 0 aliphatic heterocycles. The molecule has 0 unspecified atom stereocenters. The Balaban J connectivity index is 1.68. The van der Waals surface area contributed by atoms with E-state index in [4.69, 9.17) is 0 Å². The van der Waals surface area contributed by atoms with Crippen molar-refractivity contribution in [3.05, 3.63) is 48.2 Å². The fourth-order valence-electron chi connectivity index (χ4n) is 2.47. The first kappa shape index (κ1) is 17.8. The number of amides is 1. The van der Waals surface area contributed by atoms with E-state index in [1.165, 1.54) is 18.5 Å². The van der Waals surface area contributed by atoms with Gasteiger partial charge in [0.25, 0.3) is 0 Å². The van der Waals surface area contributed by atoms with Crippen LogP contribution in [0.1, 0.15) is 19.4 Å². The number of fused-ring (bicyclic) bond motifs is 1. The minimum absolute atomic E-state index is 0.0118. The number of rotatable bonds is 7. The number of hydrogen-bond acceptors (Lipinski definition) is 5. The van der Waals surface area contributed by atoms with Crippen molar-refractivity contribution in [3.8, 4) is 0 Å². The van der Waals surface area contributed by atoms with Crippen molar-refractivity contribution in [1.29, 1.82) is 0 Å². The molecule has 0 fully saturated rings. The van der Waals surface area contributed by atoms with E-state index < -0.39 is 0 Å². The molecule has 2 aromatic heterocycles. The summed E-state index contributed by atoms with van der Waals surface area (Å²) in [4.78, 5) is 20.2. The summed E-state index contributed by atoms with van der Waals surface area (Å²) in [5.41, 5.74) is 1.64. The first-order chi connectivity index (χ1) is 12.5. The van der Waals surface area contributed by atoms with Gasteiger partial charge in [0.05, 0.1) is 18.1 Å². The van der Waals surface area contributed by atoms with Crippen LogP contribution in [0.5, 0.6) is 0 Å². The van der Waals surface area contributed by atoms with Crippen LogP contribution >= 0.6 is 0 Å². The molecule has 0 bridgehead atoms. The van der Waals surface area contributed by atoms with Gasteiger partial charge in [0.2, 0.25) is 5.91 Å². The van der Waals surface area contributed by atoms with Gasteiger partial charge in [-0.25, -0.2) is 19.0 Å². The van der Waals surface area contributed by atoms with Crippen LogP contribution < -0.4 is 10.6 Å². The molecular formula is C18H21FN6O. The van der Waals surface area contributed by atoms with Gasteiger partial charge >= 0.3 is 0 Å². The fourth-order valence-corrected chi connectivity index (χ4v) is 2.47. The lowest BCUT2D eigenvalue weighted by Gasteiger charge is -2.09. The summed E-state index contributed by atoms with van der Waals surface area (Å²) in [5.74, 6) is 0.368. The molecule has 0 spiro atoms. The molecule has 0 aliphatic rings. The van der Waals surface area contributed by atoms with Crippen molar-refractivity contribution in [1.82, 2.24) is 25.1 Å². The highest BCUT2D eigenvalue weighted by molar-refractivity contribution is 5.86. The number of anilines is 1. The van der Waals surface area contributed by atoms with Crippen molar-refractivity contribution < 1.29 is 9.18 Å². The normalized spacial score (nSPS) is 11.1. The molecular weight excluding hydrogens is 335 g/mol. The van der Waals surface area contributed by atoms with E-state index in [0.29, 0.717) is 31.1 Å². The highest BCUT2D eigenvalue weighted by atomic mass is 19.1. The first-order valence-corrected chi connectivity index (χ1v) is 8.47. The average molecular weight is 356 g/mol. The van der Waals surface area contributed by atoms with Crippen LogP contribution in [0.2, 0.25) is 0 Å². The Kier molecular flexibility index (Phi) is 5.40. The molecule has 0 atom stereocenters. The van der Waals surface area contributed by atoms with Crippen LogP contribution in [-0.4, -0.2) is 32.2 Å². The van der Waals surface area contributed by atoms with E-state index in [1.54, 1.807) is 23.0 Å². The van der Waals surface area contributed by atoms with E-state index >= 15 is 0 Å². The Morgan fingerprint density at radius 1 is 1.23 bits per heavy atom. The highest BCUT2D eigenvalue weighted by Gasteiger charge is 2.11. The molecule has 1 aromatic carbocycles. The third-order valence-corrected chi connectivity index (χ3v) is 3.95. The summed E-state index contributed by atoms with van der Waals surface area (Å²) in [7, 11) is 0. The predicted molar refractivity (Wildman–Crippen MR) is 96.9 cm³/mol. The second kappa shape index (κ2) is 7.90. The number of nitrogens with one attached hydrogen (secondary N) is 2. The van der Waals surface area contributed by atoms with E-state index in [1.807, 2.05) is 13.8 Å². The number of carbonyl (C=O) groups is 1. The number of carbonyl (C=O) groups excluding carboxylic acids is 1. The fraction of sp³-hybridized carbons (Fsp3) is 0.333. The summed E-state index contributed by atoms with van der Waals surface area (Å²) in [6.45, 7) is 5.23. The number of aromatic nitrogens is 4. The zero-order valence-corrected chi connectivity index (χ0v) is 14.7. The molecule has 2 heterocycles. The smallest absolute Gasteiger partial charge is 0.222 e. The monoisotopic (exact) mass is 356 g/mol. The second-order valence-corrected chi connectivity index (χ2v) is 6.25. The lowest BCUT2D eigenvalue weighted by molar-refractivity contribution is -0.124. The van der Waals surface area contributed by atoms with Gasteiger partial charge in [-0.2, -0.15) is 5.10 Å².